The summed E-state index contributed by atoms with van der Waals surface area (Å²) < 4.78 is 2.09. The van der Waals surface area contributed by atoms with E-state index in [9.17, 15) is 4.79 Å². The van der Waals surface area contributed by atoms with Gasteiger partial charge in [-0.25, -0.2) is 4.98 Å². The van der Waals surface area contributed by atoms with E-state index >= 15 is 0 Å². The van der Waals surface area contributed by atoms with Crippen molar-refractivity contribution in [2.24, 2.45) is 7.05 Å². The molecule has 2 aromatic heterocycles. The molecule has 0 aliphatic heterocycles. The molecule has 2 heterocycles. The van der Waals surface area contributed by atoms with Crippen molar-refractivity contribution >= 4 is 11.0 Å². The lowest BCUT2D eigenvalue weighted by Crippen LogP contribution is -2.39. The Morgan fingerprint density at radius 1 is 1.23 bits per heavy atom. The number of para-hydroxylation sites is 2. The van der Waals surface area contributed by atoms with Gasteiger partial charge in [-0.2, -0.15) is 0 Å². The molecule has 3 rings (SSSR count). The molecule has 0 bridgehead atoms. The van der Waals surface area contributed by atoms with Gasteiger partial charge in [0.25, 0.3) is 5.56 Å². The summed E-state index contributed by atoms with van der Waals surface area (Å²) >= 11 is 0. The Labute approximate surface area is 129 Å². The summed E-state index contributed by atoms with van der Waals surface area (Å²) in [4.78, 5) is 19.2. The Morgan fingerprint density at radius 3 is 2.73 bits per heavy atom. The SMILES string of the molecule is Cn1c(C(C)(C)NCc2ccc[nH]c2=O)nc2ccccc21. The Balaban J connectivity index is 1.90. The Hall–Kier alpha value is -2.40. The fourth-order valence-electron chi connectivity index (χ4n) is 2.70. The summed E-state index contributed by atoms with van der Waals surface area (Å²) in [6.07, 6.45) is 1.64. The summed E-state index contributed by atoms with van der Waals surface area (Å²) in [5.74, 6) is 0.945. The minimum atomic E-state index is -0.351. The van der Waals surface area contributed by atoms with Gasteiger partial charge < -0.3 is 14.9 Å². The van der Waals surface area contributed by atoms with Gasteiger partial charge in [-0.15, -0.1) is 0 Å². The third-order valence-corrected chi connectivity index (χ3v) is 3.97. The number of fused-ring (bicyclic) bond motifs is 1. The number of aromatic amines is 1. The zero-order chi connectivity index (χ0) is 15.7. The van der Waals surface area contributed by atoms with Crippen molar-refractivity contribution in [1.29, 1.82) is 0 Å². The number of imidazole rings is 1. The molecule has 0 saturated carbocycles. The maximum atomic E-state index is 11.8. The van der Waals surface area contributed by atoms with Crippen molar-refractivity contribution in [2.45, 2.75) is 25.9 Å². The Bertz CT molecular complexity index is 860. The maximum absolute atomic E-state index is 11.8. The van der Waals surface area contributed by atoms with Crippen LogP contribution in [0.4, 0.5) is 0 Å². The van der Waals surface area contributed by atoms with E-state index in [0.29, 0.717) is 12.1 Å². The van der Waals surface area contributed by atoms with Crippen molar-refractivity contribution in [3.63, 3.8) is 0 Å². The van der Waals surface area contributed by atoms with Gasteiger partial charge in [0.15, 0.2) is 0 Å². The van der Waals surface area contributed by atoms with E-state index in [0.717, 1.165) is 16.9 Å². The van der Waals surface area contributed by atoms with Gasteiger partial charge in [0.05, 0.1) is 16.6 Å². The lowest BCUT2D eigenvalue weighted by Gasteiger charge is -2.25. The standard InChI is InChI=1S/C17H20N4O/c1-17(2,19-11-12-7-6-10-18-15(12)22)16-20-13-8-4-5-9-14(13)21(16)3/h4-10,19H,11H2,1-3H3,(H,18,22). The molecule has 3 aromatic rings. The molecule has 0 radical (unpaired) electrons. The van der Waals surface area contributed by atoms with Crippen LogP contribution in [0, 0.1) is 0 Å². The first-order valence-corrected chi connectivity index (χ1v) is 7.32. The predicted octanol–water partition coefficient (Wildman–Crippen LogP) is 2.29. The first kappa shape index (κ1) is 14.5. The van der Waals surface area contributed by atoms with Crippen LogP contribution in [-0.4, -0.2) is 14.5 Å². The smallest absolute Gasteiger partial charge is 0.252 e. The number of pyridine rings is 1. The van der Waals surface area contributed by atoms with Crippen LogP contribution in [0.3, 0.4) is 0 Å². The highest BCUT2D eigenvalue weighted by atomic mass is 16.1. The monoisotopic (exact) mass is 296 g/mol. The van der Waals surface area contributed by atoms with E-state index in [1.54, 1.807) is 6.20 Å². The number of hydrogen-bond donors (Lipinski definition) is 2. The van der Waals surface area contributed by atoms with Crippen LogP contribution in [0.15, 0.2) is 47.4 Å². The van der Waals surface area contributed by atoms with Gasteiger partial charge in [0, 0.05) is 25.4 Å². The number of nitrogens with one attached hydrogen (secondary N) is 2. The zero-order valence-electron chi connectivity index (χ0n) is 13.1. The van der Waals surface area contributed by atoms with Crippen molar-refractivity contribution in [3.05, 3.63) is 64.3 Å². The van der Waals surface area contributed by atoms with E-state index in [4.69, 9.17) is 4.98 Å². The molecule has 0 amide bonds. The van der Waals surface area contributed by atoms with Crippen LogP contribution in [0.25, 0.3) is 11.0 Å². The normalized spacial score (nSPS) is 12.0. The van der Waals surface area contributed by atoms with Crippen LogP contribution >= 0.6 is 0 Å². The molecule has 0 saturated heterocycles. The van der Waals surface area contributed by atoms with Gasteiger partial charge in [-0.3, -0.25) is 4.79 Å². The van der Waals surface area contributed by atoms with Crippen molar-refractivity contribution in [1.82, 2.24) is 19.9 Å². The molecule has 0 spiro atoms. The van der Waals surface area contributed by atoms with Gasteiger partial charge in [-0.1, -0.05) is 18.2 Å². The molecule has 0 aliphatic carbocycles. The zero-order valence-corrected chi connectivity index (χ0v) is 13.1. The Kier molecular flexibility index (Phi) is 3.58. The number of H-pyrrole nitrogens is 1. The lowest BCUT2D eigenvalue weighted by atomic mass is 10.0. The summed E-state index contributed by atoms with van der Waals surface area (Å²) in [6, 6.07) is 11.7. The van der Waals surface area contributed by atoms with Gasteiger partial charge in [-0.05, 0) is 32.0 Å². The van der Waals surface area contributed by atoms with Crippen LogP contribution in [0.5, 0.6) is 0 Å². The number of aryl methyl sites for hydroxylation is 1. The molecule has 114 valence electrons. The molecule has 0 aliphatic rings. The summed E-state index contributed by atoms with van der Waals surface area (Å²) in [6.45, 7) is 4.64. The molecular weight excluding hydrogens is 276 g/mol. The van der Waals surface area contributed by atoms with Crippen LogP contribution in [-0.2, 0) is 19.1 Å². The minimum absolute atomic E-state index is 0.0594. The molecule has 22 heavy (non-hydrogen) atoms. The average molecular weight is 296 g/mol. The molecular formula is C17H20N4O. The molecule has 5 nitrogen and oxygen atoms in total. The van der Waals surface area contributed by atoms with Crippen molar-refractivity contribution in [3.8, 4) is 0 Å². The van der Waals surface area contributed by atoms with E-state index in [1.165, 1.54) is 0 Å². The van der Waals surface area contributed by atoms with Crippen LogP contribution < -0.4 is 10.9 Å². The van der Waals surface area contributed by atoms with E-state index in [2.05, 4.69) is 34.8 Å². The Morgan fingerprint density at radius 2 is 2.00 bits per heavy atom. The van der Waals surface area contributed by atoms with E-state index < -0.39 is 0 Å². The molecule has 0 atom stereocenters. The summed E-state index contributed by atoms with van der Waals surface area (Å²) in [7, 11) is 2.02. The van der Waals surface area contributed by atoms with E-state index in [-0.39, 0.29) is 11.1 Å². The van der Waals surface area contributed by atoms with Gasteiger partial charge in [0.2, 0.25) is 0 Å². The minimum Gasteiger partial charge on any atom is -0.330 e. The topological polar surface area (TPSA) is 62.7 Å². The number of benzene rings is 1. The maximum Gasteiger partial charge on any atom is 0.252 e. The third-order valence-electron chi connectivity index (χ3n) is 3.97. The molecule has 0 unspecified atom stereocenters. The van der Waals surface area contributed by atoms with E-state index in [1.807, 2.05) is 37.4 Å². The lowest BCUT2D eigenvalue weighted by molar-refractivity contribution is 0.369. The van der Waals surface area contributed by atoms with Crippen molar-refractivity contribution < 1.29 is 0 Å². The quantitative estimate of drug-likeness (QED) is 0.776. The largest absolute Gasteiger partial charge is 0.330 e. The van der Waals surface area contributed by atoms with Crippen molar-refractivity contribution in [2.75, 3.05) is 0 Å². The highest BCUT2D eigenvalue weighted by Crippen LogP contribution is 2.23. The molecule has 0 fully saturated rings. The summed E-state index contributed by atoms with van der Waals surface area (Å²) in [5, 5.41) is 3.43. The van der Waals surface area contributed by atoms with Gasteiger partial charge in [0.1, 0.15) is 5.82 Å². The fourth-order valence-corrected chi connectivity index (χ4v) is 2.70. The number of hydrogen-bond acceptors (Lipinski definition) is 3. The second-order valence-electron chi connectivity index (χ2n) is 5.99. The predicted molar refractivity (Wildman–Crippen MR) is 87.6 cm³/mol. The number of nitrogens with zero attached hydrogens (tertiary/aromatic N) is 2. The highest BCUT2D eigenvalue weighted by molar-refractivity contribution is 5.76. The average Bonchev–Trinajstić information content (AvgIpc) is 2.85. The third kappa shape index (κ3) is 2.55. The first-order chi connectivity index (χ1) is 10.5. The number of rotatable bonds is 4. The highest BCUT2D eigenvalue weighted by Gasteiger charge is 2.26. The fraction of sp³-hybridized carbons (Fsp3) is 0.294. The van der Waals surface area contributed by atoms with Gasteiger partial charge >= 0.3 is 0 Å². The second-order valence-corrected chi connectivity index (χ2v) is 5.99. The molecule has 1 aromatic carbocycles. The first-order valence-electron chi connectivity index (χ1n) is 7.32. The second kappa shape index (κ2) is 5.42. The molecule has 5 heteroatoms. The van der Waals surface area contributed by atoms with Crippen LogP contribution in [0.1, 0.15) is 25.2 Å². The van der Waals surface area contributed by atoms with Crippen LogP contribution in [0.2, 0.25) is 0 Å². The molecule has 2 N–H and O–H groups in total. The number of aromatic nitrogens is 3. The summed E-state index contributed by atoms with van der Waals surface area (Å²) in [5.41, 5.74) is 2.39.